The van der Waals surface area contributed by atoms with Gasteiger partial charge in [0.15, 0.2) is 0 Å². The standard InChI is InChI=1S/C12H15NO.2ClH/c1-6-5-10-9(4)11(13)7(2)8(3)12(10)14-6;;/h5H,13H2,1-4H3;2*1H. The molecule has 4 heteroatoms. The van der Waals surface area contributed by atoms with E-state index in [0.717, 1.165) is 39.1 Å². The van der Waals surface area contributed by atoms with Crippen LogP contribution in [-0.4, -0.2) is 0 Å². The van der Waals surface area contributed by atoms with Crippen molar-refractivity contribution >= 4 is 41.5 Å². The van der Waals surface area contributed by atoms with Gasteiger partial charge in [-0.15, -0.1) is 24.8 Å². The summed E-state index contributed by atoms with van der Waals surface area (Å²) in [4.78, 5) is 0. The first-order valence-electron chi connectivity index (χ1n) is 4.77. The summed E-state index contributed by atoms with van der Waals surface area (Å²) in [6.07, 6.45) is 0. The van der Waals surface area contributed by atoms with Crippen molar-refractivity contribution in [1.82, 2.24) is 0 Å². The smallest absolute Gasteiger partial charge is 0.137 e. The number of halogens is 2. The van der Waals surface area contributed by atoms with E-state index in [2.05, 4.69) is 6.92 Å². The number of nitrogen functional groups attached to an aromatic ring is 1. The van der Waals surface area contributed by atoms with Crippen molar-refractivity contribution in [3.8, 4) is 0 Å². The van der Waals surface area contributed by atoms with Crippen LogP contribution in [0.5, 0.6) is 0 Å². The number of benzene rings is 1. The predicted octanol–water partition coefficient (Wildman–Crippen LogP) is 4.09. The first-order valence-corrected chi connectivity index (χ1v) is 4.77. The number of furan rings is 1. The third-order valence-corrected chi connectivity index (χ3v) is 2.97. The second-order valence-corrected chi connectivity index (χ2v) is 3.89. The molecular weight excluding hydrogens is 245 g/mol. The zero-order valence-corrected chi connectivity index (χ0v) is 11.5. The Morgan fingerprint density at radius 1 is 0.938 bits per heavy atom. The molecule has 0 aliphatic carbocycles. The number of hydrogen-bond donors (Lipinski definition) is 1. The minimum Gasteiger partial charge on any atom is -0.461 e. The summed E-state index contributed by atoms with van der Waals surface area (Å²) in [5.41, 5.74) is 11.3. The van der Waals surface area contributed by atoms with Gasteiger partial charge in [-0.05, 0) is 50.5 Å². The van der Waals surface area contributed by atoms with E-state index in [-0.39, 0.29) is 24.8 Å². The highest BCUT2D eigenvalue weighted by molar-refractivity contribution is 5.90. The van der Waals surface area contributed by atoms with Gasteiger partial charge in [-0.1, -0.05) is 0 Å². The molecule has 0 atom stereocenters. The Kier molecular flexibility index (Phi) is 4.71. The molecular formula is C12H17Cl2NO. The first kappa shape index (κ1) is 15.1. The maximum atomic E-state index is 6.02. The fourth-order valence-corrected chi connectivity index (χ4v) is 1.87. The molecule has 2 rings (SSSR count). The van der Waals surface area contributed by atoms with Gasteiger partial charge in [0.25, 0.3) is 0 Å². The maximum Gasteiger partial charge on any atom is 0.137 e. The molecule has 0 unspecified atom stereocenters. The number of rotatable bonds is 0. The van der Waals surface area contributed by atoms with E-state index in [1.54, 1.807) is 0 Å². The summed E-state index contributed by atoms with van der Waals surface area (Å²) >= 11 is 0. The van der Waals surface area contributed by atoms with Crippen molar-refractivity contribution in [3.63, 3.8) is 0 Å². The van der Waals surface area contributed by atoms with E-state index >= 15 is 0 Å². The predicted molar refractivity (Wildman–Crippen MR) is 74.1 cm³/mol. The van der Waals surface area contributed by atoms with Crippen molar-refractivity contribution < 1.29 is 4.42 Å². The highest BCUT2D eigenvalue weighted by Crippen LogP contribution is 2.32. The molecule has 0 fully saturated rings. The van der Waals surface area contributed by atoms with Gasteiger partial charge in [-0.3, -0.25) is 0 Å². The summed E-state index contributed by atoms with van der Waals surface area (Å²) in [5.74, 6) is 0.941. The molecule has 1 heterocycles. The van der Waals surface area contributed by atoms with E-state index in [1.807, 2.05) is 26.8 Å². The molecule has 0 saturated heterocycles. The lowest BCUT2D eigenvalue weighted by atomic mass is 10.00. The summed E-state index contributed by atoms with van der Waals surface area (Å²) in [5, 5.41) is 1.14. The normalized spacial score (nSPS) is 9.75. The quantitative estimate of drug-likeness (QED) is 0.726. The van der Waals surface area contributed by atoms with Crippen LogP contribution >= 0.6 is 24.8 Å². The molecule has 2 aromatic rings. The Morgan fingerprint density at radius 2 is 1.50 bits per heavy atom. The Hall–Kier alpha value is -0.860. The van der Waals surface area contributed by atoms with Crippen molar-refractivity contribution in [1.29, 1.82) is 0 Å². The maximum absolute atomic E-state index is 6.02. The highest BCUT2D eigenvalue weighted by Gasteiger charge is 2.12. The fraction of sp³-hybridized carbons (Fsp3) is 0.333. The van der Waals surface area contributed by atoms with Gasteiger partial charge in [0.1, 0.15) is 11.3 Å². The molecule has 0 radical (unpaired) electrons. The average molecular weight is 262 g/mol. The molecule has 16 heavy (non-hydrogen) atoms. The molecule has 0 amide bonds. The van der Waals surface area contributed by atoms with Gasteiger partial charge < -0.3 is 10.2 Å². The van der Waals surface area contributed by atoms with Gasteiger partial charge >= 0.3 is 0 Å². The number of anilines is 1. The first-order chi connectivity index (χ1) is 6.52. The zero-order chi connectivity index (χ0) is 10.5. The van der Waals surface area contributed by atoms with Gasteiger partial charge in [0.2, 0.25) is 0 Å². The van der Waals surface area contributed by atoms with Gasteiger partial charge in [-0.2, -0.15) is 0 Å². The fourth-order valence-electron chi connectivity index (χ4n) is 1.87. The Labute approximate surface area is 108 Å². The van der Waals surface area contributed by atoms with Crippen LogP contribution in [0.3, 0.4) is 0 Å². The van der Waals surface area contributed by atoms with Crippen LogP contribution in [0.4, 0.5) is 5.69 Å². The average Bonchev–Trinajstić information content (AvgIpc) is 2.54. The third-order valence-electron chi connectivity index (χ3n) is 2.97. The van der Waals surface area contributed by atoms with E-state index in [9.17, 15) is 0 Å². The van der Waals surface area contributed by atoms with Gasteiger partial charge in [-0.25, -0.2) is 0 Å². The zero-order valence-electron chi connectivity index (χ0n) is 9.88. The van der Waals surface area contributed by atoms with Crippen LogP contribution < -0.4 is 5.73 Å². The molecule has 90 valence electrons. The van der Waals surface area contributed by atoms with Crippen molar-refractivity contribution in [3.05, 3.63) is 28.5 Å². The molecule has 2 nitrogen and oxygen atoms in total. The van der Waals surface area contributed by atoms with E-state index in [1.165, 1.54) is 0 Å². The summed E-state index contributed by atoms with van der Waals surface area (Å²) in [6.45, 7) is 8.09. The van der Waals surface area contributed by atoms with Crippen molar-refractivity contribution in [2.75, 3.05) is 5.73 Å². The summed E-state index contributed by atoms with van der Waals surface area (Å²) in [6, 6.07) is 2.05. The molecule has 0 saturated carbocycles. The Balaban J connectivity index is 0.00000112. The van der Waals surface area contributed by atoms with Crippen molar-refractivity contribution in [2.24, 2.45) is 0 Å². The van der Waals surface area contributed by atoms with Crippen LogP contribution in [0.1, 0.15) is 22.5 Å². The molecule has 1 aromatic carbocycles. The number of aryl methyl sites for hydroxylation is 3. The van der Waals surface area contributed by atoms with E-state index in [4.69, 9.17) is 10.2 Å². The SMILES string of the molecule is Cc1cc2c(C)c(N)c(C)c(C)c2o1.Cl.Cl. The molecule has 0 bridgehead atoms. The molecule has 0 spiro atoms. The van der Waals surface area contributed by atoms with E-state index in [0.29, 0.717) is 0 Å². The van der Waals surface area contributed by atoms with Crippen LogP contribution in [0.15, 0.2) is 10.5 Å². The van der Waals surface area contributed by atoms with E-state index < -0.39 is 0 Å². The number of hydrogen-bond acceptors (Lipinski definition) is 2. The third kappa shape index (κ3) is 2.00. The lowest BCUT2D eigenvalue weighted by molar-refractivity contribution is 0.576. The van der Waals surface area contributed by atoms with Crippen LogP contribution in [0.2, 0.25) is 0 Å². The Bertz CT molecular complexity index is 472. The van der Waals surface area contributed by atoms with Crippen LogP contribution in [-0.2, 0) is 0 Å². The monoisotopic (exact) mass is 261 g/mol. The minimum absolute atomic E-state index is 0. The van der Waals surface area contributed by atoms with Crippen LogP contribution in [0, 0.1) is 27.7 Å². The highest BCUT2D eigenvalue weighted by atomic mass is 35.5. The van der Waals surface area contributed by atoms with Gasteiger partial charge in [0.05, 0.1) is 0 Å². The van der Waals surface area contributed by atoms with Crippen LogP contribution in [0.25, 0.3) is 11.0 Å². The molecule has 1 aromatic heterocycles. The second kappa shape index (κ2) is 4.98. The van der Waals surface area contributed by atoms with Gasteiger partial charge in [0, 0.05) is 11.1 Å². The summed E-state index contributed by atoms with van der Waals surface area (Å²) in [7, 11) is 0. The van der Waals surface area contributed by atoms with Crippen molar-refractivity contribution in [2.45, 2.75) is 27.7 Å². The lowest BCUT2D eigenvalue weighted by Gasteiger charge is -2.08. The lowest BCUT2D eigenvalue weighted by Crippen LogP contribution is -1.96. The molecule has 0 aliphatic heterocycles. The second-order valence-electron chi connectivity index (χ2n) is 3.89. The number of nitrogens with two attached hydrogens (primary N) is 1. The molecule has 0 aliphatic rings. The minimum atomic E-state index is 0. The summed E-state index contributed by atoms with van der Waals surface area (Å²) < 4.78 is 5.66. The largest absolute Gasteiger partial charge is 0.461 e. The Morgan fingerprint density at radius 3 is 2.06 bits per heavy atom. The topological polar surface area (TPSA) is 39.2 Å². The molecule has 2 N–H and O–H groups in total. The number of fused-ring (bicyclic) bond motifs is 1.